The van der Waals surface area contributed by atoms with Crippen LogP contribution in [0.1, 0.15) is 6.23 Å². The molecule has 2 aromatic heterocycles. The van der Waals surface area contributed by atoms with Crippen LogP contribution >= 0.6 is 0 Å². The Balaban J connectivity index is 2.03. The van der Waals surface area contributed by atoms with Crippen LogP contribution in [0.3, 0.4) is 0 Å². The van der Waals surface area contributed by atoms with Gasteiger partial charge in [0.2, 0.25) is 11.7 Å². The minimum atomic E-state index is -1.42. The van der Waals surface area contributed by atoms with Crippen molar-refractivity contribution >= 4 is 11.7 Å². The average molecular weight is 313 g/mol. The molecule has 6 N–H and O–H groups in total. The van der Waals surface area contributed by atoms with Gasteiger partial charge in [-0.15, -0.1) is 0 Å². The molecule has 5 atom stereocenters. The van der Waals surface area contributed by atoms with Crippen LogP contribution in [-0.2, 0) is 4.74 Å². The van der Waals surface area contributed by atoms with Crippen LogP contribution in [0.5, 0.6) is 0 Å². The van der Waals surface area contributed by atoms with E-state index in [1.165, 1.54) is 17.0 Å². The van der Waals surface area contributed by atoms with Gasteiger partial charge in [0, 0.05) is 12.4 Å². The topological polar surface area (TPSA) is 168 Å². The van der Waals surface area contributed by atoms with Gasteiger partial charge in [-0.3, -0.25) is 4.57 Å². The zero-order chi connectivity index (χ0) is 16.0. The highest BCUT2D eigenvalue weighted by atomic mass is 16.6. The number of rotatable bonds is 3. The van der Waals surface area contributed by atoms with Gasteiger partial charge in [0.25, 0.3) is 0 Å². The molecule has 0 aliphatic carbocycles. The second-order valence-corrected chi connectivity index (χ2v) is 4.96. The summed E-state index contributed by atoms with van der Waals surface area (Å²) in [5.74, 6) is -0.183. The lowest BCUT2D eigenvalue weighted by Crippen LogP contribution is -2.40. The predicted octanol–water partition coefficient (Wildman–Crippen LogP) is -3.55. The third kappa shape index (κ3) is 2.15. The van der Waals surface area contributed by atoms with Crippen LogP contribution in [0.2, 0.25) is 0 Å². The van der Waals surface area contributed by atoms with E-state index in [2.05, 4.69) is 9.97 Å². The molecule has 0 bridgehead atoms. The number of aromatic nitrogens is 4. The number of nitrogens with two attached hydrogens (primary N) is 1. The summed E-state index contributed by atoms with van der Waals surface area (Å²) in [6, 6.07) is 0. The molecule has 0 radical (unpaired) electrons. The lowest BCUT2D eigenvalue weighted by atomic mass is 10.1. The van der Waals surface area contributed by atoms with Gasteiger partial charge in [-0.05, 0) is 0 Å². The highest BCUT2D eigenvalue weighted by Gasteiger charge is 2.47. The van der Waals surface area contributed by atoms with Gasteiger partial charge in [0.15, 0.2) is 6.23 Å². The van der Waals surface area contributed by atoms with E-state index in [0.29, 0.717) is 0 Å². The van der Waals surface area contributed by atoms with Crippen LogP contribution < -0.4 is 11.4 Å². The lowest BCUT2D eigenvalue weighted by Gasteiger charge is -2.18. The van der Waals surface area contributed by atoms with E-state index in [4.69, 9.17) is 15.6 Å². The maximum absolute atomic E-state index is 11.7. The number of imidazole rings is 1. The average Bonchev–Trinajstić information content (AvgIpc) is 3.01. The highest BCUT2D eigenvalue weighted by Crippen LogP contribution is 2.31. The van der Waals surface area contributed by atoms with Gasteiger partial charge in [0.1, 0.15) is 24.4 Å². The molecular formula is C11H15N5O6. The molecule has 1 saturated heterocycles. The summed E-state index contributed by atoms with van der Waals surface area (Å²) in [5.41, 5.74) is 4.78. The minimum absolute atomic E-state index is 0.0629. The van der Waals surface area contributed by atoms with Crippen molar-refractivity contribution in [3.05, 3.63) is 22.9 Å². The molecule has 0 unspecified atom stereocenters. The van der Waals surface area contributed by atoms with Gasteiger partial charge >= 0.3 is 5.69 Å². The SMILES string of the molecule is Nc1nc(=O)n2ccn([C@@H]3O[C@H]([C@@H](O)CO)[C@@H](O)[C@H]3O)c2n1. The molecule has 0 saturated carbocycles. The molecule has 3 heterocycles. The maximum Gasteiger partial charge on any atom is 0.357 e. The first kappa shape index (κ1) is 14.9. The summed E-state index contributed by atoms with van der Waals surface area (Å²) >= 11 is 0. The Morgan fingerprint density at radius 2 is 2.05 bits per heavy atom. The molecule has 22 heavy (non-hydrogen) atoms. The third-order valence-electron chi connectivity index (χ3n) is 3.57. The molecule has 1 aliphatic rings. The molecule has 11 heteroatoms. The lowest BCUT2D eigenvalue weighted by molar-refractivity contribution is -0.0962. The number of hydrogen-bond acceptors (Lipinski definition) is 9. The molecule has 11 nitrogen and oxygen atoms in total. The van der Waals surface area contributed by atoms with Crippen molar-refractivity contribution in [3.8, 4) is 0 Å². The third-order valence-corrected chi connectivity index (χ3v) is 3.57. The molecule has 1 fully saturated rings. The Kier molecular flexibility index (Phi) is 3.58. The second kappa shape index (κ2) is 5.30. The van der Waals surface area contributed by atoms with Gasteiger partial charge in [-0.2, -0.15) is 9.97 Å². The standard InChI is InChI=1S/C11H15N5O6/c12-9-13-10-15(1-2-16(10)11(21)14-9)8-6(20)5(19)7(22-8)4(18)3-17/h1-2,4-8,17-20H,3H2,(H2,12,14,21)/t4-,5-,6+,7+,8+/m0/s1. The van der Waals surface area contributed by atoms with Crippen LogP contribution in [0, 0.1) is 0 Å². The van der Waals surface area contributed by atoms with Gasteiger partial charge < -0.3 is 30.9 Å². The zero-order valence-electron chi connectivity index (χ0n) is 11.2. The number of nitrogen functional groups attached to an aromatic ring is 1. The van der Waals surface area contributed by atoms with Crippen molar-refractivity contribution < 1.29 is 25.2 Å². The molecule has 2 aromatic rings. The number of fused-ring (bicyclic) bond motifs is 1. The number of aliphatic hydroxyl groups is 4. The largest absolute Gasteiger partial charge is 0.394 e. The summed E-state index contributed by atoms with van der Waals surface area (Å²) in [6.45, 7) is -0.637. The van der Waals surface area contributed by atoms with Crippen molar-refractivity contribution in [2.45, 2.75) is 30.6 Å². The first-order chi connectivity index (χ1) is 10.4. The summed E-state index contributed by atoms with van der Waals surface area (Å²) < 4.78 is 7.79. The Labute approximate surface area is 122 Å². The van der Waals surface area contributed by atoms with Crippen molar-refractivity contribution in [1.29, 1.82) is 0 Å². The van der Waals surface area contributed by atoms with Crippen LogP contribution in [-0.4, -0.2) is 70.4 Å². The van der Waals surface area contributed by atoms with Gasteiger partial charge in [-0.1, -0.05) is 0 Å². The summed E-state index contributed by atoms with van der Waals surface area (Å²) in [7, 11) is 0. The molecule has 1 aliphatic heterocycles. The molecule has 120 valence electrons. The van der Waals surface area contributed by atoms with Crippen LogP contribution in [0.4, 0.5) is 5.95 Å². The molecular weight excluding hydrogens is 298 g/mol. The fraction of sp³-hybridized carbons (Fsp3) is 0.545. The van der Waals surface area contributed by atoms with E-state index in [-0.39, 0.29) is 11.7 Å². The number of ether oxygens (including phenoxy) is 1. The zero-order valence-corrected chi connectivity index (χ0v) is 11.2. The first-order valence-electron chi connectivity index (χ1n) is 6.47. The van der Waals surface area contributed by atoms with Crippen molar-refractivity contribution in [2.24, 2.45) is 0 Å². The smallest absolute Gasteiger partial charge is 0.357 e. The summed E-state index contributed by atoms with van der Waals surface area (Å²) in [4.78, 5) is 19.1. The Morgan fingerprint density at radius 1 is 1.32 bits per heavy atom. The first-order valence-corrected chi connectivity index (χ1v) is 6.47. The number of nitrogens with zero attached hydrogens (tertiary/aromatic N) is 4. The van der Waals surface area contributed by atoms with E-state index in [0.717, 1.165) is 4.40 Å². The molecule has 0 spiro atoms. The van der Waals surface area contributed by atoms with E-state index in [9.17, 15) is 20.1 Å². The molecule has 0 amide bonds. The van der Waals surface area contributed by atoms with Gasteiger partial charge in [0.05, 0.1) is 6.61 Å². The second-order valence-electron chi connectivity index (χ2n) is 4.96. The van der Waals surface area contributed by atoms with Gasteiger partial charge in [-0.25, -0.2) is 9.20 Å². The molecule has 3 rings (SSSR count). The molecule has 0 aromatic carbocycles. The van der Waals surface area contributed by atoms with E-state index >= 15 is 0 Å². The van der Waals surface area contributed by atoms with Crippen molar-refractivity contribution in [1.82, 2.24) is 18.9 Å². The van der Waals surface area contributed by atoms with Crippen molar-refractivity contribution in [2.75, 3.05) is 12.3 Å². The number of hydrogen-bond donors (Lipinski definition) is 5. The van der Waals surface area contributed by atoms with E-state index in [1.807, 2.05) is 0 Å². The number of anilines is 1. The van der Waals surface area contributed by atoms with E-state index in [1.54, 1.807) is 0 Å². The summed E-state index contributed by atoms with van der Waals surface area (Å²) in [6.07, 6.45) is -3.71. The fourth-order valence-corrected chi connectivity index (χ4v) is 2.47. The Bertz CT molecular complexity index is 744. The monoisotopic (exact) mass is 313 g/mol. The van der Waals surface area contributed by atoms with Crippen LogP contribution in [0.15, 0.2) is 17.2 Å². The van der Waals surface area contributed by atoms with Crippen molar-refractivity contribution in [3.63, 3.8) is 0 Å². The fourth-order valence-electron chi connectivity index (χ4n) is 2.47. The summed E-state index contributed by atoms with van der Waals surface area (Å²) in [5, 5.41) is 38.6. The Morgan fingerprint density at radius 3 is 2.73 bits per heavy atom. The quantitative estimate of drug-likeness (QED) is 0.385. The predicted molar refractivity (Wildman–Crippen MR) is 70.7 cm³/mol. The normalized spacial score (nSPS) is 30.0. The minimum Gasteiger partial charge on any atom is -0.394 e. The Hall–Kier alpha value is -2.05. The highest BCUT2D eigenvalue weighted by molar-refractivity contribution is 5.35. The van der Waals surface area contributed by atoms with Crippen LogP contribution in [0.25, 0.3) is 5.78 Å². The van der Waals surface area contributed by atoms with E-state index < -0.39 is 42.9 Å². The maximum atomic E-state index is 11.7. The number of aliphatic hydroxyl groups excluding tert-OH is 4.